The number of benzene rings is 2. The summed E-state index contributed by atoms with van der Waals surface area (Å²) in [6.45, 7) is 0.420. The molecule has 1 aromatic heterocycles. The first-order chi connectivity index (χ1) is 10.3. The molecule has 0 saturated heterocycles. The Bertz CT molecular complexity index is 774. The first kappa shape index (κ1) is 14.2. The number of hydrogen-bond donors (Lipinski definition) is 0. The van der Waals surface area contributed by atoms with Crippen molar-refractivity contribution in [3.05, 3.63) is 70.9 Å². The highest BCUT2D eigenvalue weighted by molar-refractivity contribution is 6.30. The van der Waals surface area contributed by atoms with E-state index < -0.39 is 0 Å². The second-order valence-electron chi connectivity index (χ2n) is 4.69. The molecule has 0 fully saturated rings. The van der Waals surface area contributed by atoms with Gasteiger partial charge in [0.05, 0.1) is 11.6 Å². The zero-order valence-corrected chi connectivity index (χ0v) is 12.7. The van der Waals surface area contributed by atoms with E-state index in [0.29, 0.717) is 23.4 Å². The van der Waals surface area contributed by atoms with Crippen LogP contribution in [-0.2, 0) is 12.5 Å². The largest absolute Gasteiger partial charge is 0.472 e. The van der Waals surface area contributed by atoms with Crippen molar-refractivity contribution >= 4 is 34.0 Å². The van der Waals surface area contributed by atoms with E-state index in [9.17, 15) is 0 Å². The molecule has 21 heavy (non-hydrogen) atoms. The average molecular weight is 318 g/mol. The molecule has 0 aliphatic carbocycles. The number of alkyl halides is 1. The van der Waals surface area contributed by atoms with E-state index in [4.69, 9.17) is 27.9 Å². The number of fused-ring (bicyclic) bond motifs is 1. The number of nitrogens with zero attached hydrogens (tertiary/aromatic N) is 1. The molecule has 1 heterocycles. The maximum Gasteiger partial charge on any atom is 0.221 e. The quantitative estimate of drug-likeness (QED) is 0.616. The van der Waals surface area contributed by atoms with Gasteiger partial charge in [-0.25, -0.2) is 4.98 Å². The van der Waals surface area contributed by atoms with Gasteiger partial charge < -0.3 is 4.74 Å². The molecule has 0 atom stereocenters. The maximum atomic E-state index is 5.98. The lowest BCUT2D eigenvalue weighted by atomic mass is 10.1. The van der Waals surface area contributed by atoms with E-state index in [-0.39, 0.29) is 0 Å². The summed E-state index contributed by atoms with van der Waals surface area (Å²) in [5.74, 6) is 0.960. The van der Waals surface area contributed by atoms with Crippen LogP contribution in [0.25, 0.3) is 10.8 Å². The number of rotatable bonds is 4. The van der Waals surface area contributed by atoms with Gasteiger partial charge in [0.25, 0.3) is 0 Å². The molecule has 0 N–H and O–H groups in total. The van der Waals surface area contributed by atoms with Gasteiger partial charge in [-0.05, 0) is 35.2 Å². The third-order valence-corrected chi connectivity index (χ3v) is 3.67. The summed E-state index contributed by atoms with van der Waals surface area (Å²) >= 11 is 11.9. The Kier molecular flexibility index (Phi) is 4.28. The number of ether oxygens (including phenoxy) is 1. The number of halogens is 2. The van der Waals surface area contributed by atoms with Crippen LogP contribution in [0.3, 0.4) is 0 Å². The van der Waals surface area contributed by atoms with Crippen LogP contribution >= 0.6 is 23.2 Å². The van der Waals surface area contributed by atoms with E-state index >= 15 is 0 Å². The minimum atomic E-state index is 0.359. The molecule has 3 aromatic rings. The van der Waals surface area contributed by atoms with Crippen LogP contribution in [0.2, 0.25) is 5.02 Å². The van der Waals surface area contributed by atoms with Gasteiger partial charge in [0, 0.05) is 10.4 Å². The van der Waals surface area contributed by atoms with E-state index in [2.05, 4.69) is 4.98 Å². The number of hydrogen-bond acceptors (Lipinski definition) is 2. The Morgan fingerprint density at radius 2 is 1.86 bits per heavy atom. The van der Waals surface area contributed by atoms with Gasteiger partial charge in [-0.2, -0.15) is 0 Å². The van der Waals surface area contributed by atoms with Gasteiger partial charge in [-0.3, -0.25) is 0 Å². The molecule has 4 heteroatoms. The fraction of sp³-hybridized carbons (Fsp3) is 0.118. The van der Waals surface area contributed by atoms with Gasteiger partial charge >= 0.3 is 0 Å². The van der Waals surface area contributed by atoms with Crippen molar-refractivity contribution in [3.8, 4) is 5.88 Å². The van der Waals surface area contributed by atoms with E-state index in [1.165, 1.54) is 0 Å². The molecule has 2 nitrogen and oxygen atoms in total. The Morgan fingerprint density at radius 1 is 1.00 bits per heavy atom. The molecule has 0 radical (unpaired) electrons. The van der Waals surface area contributed by atoms with Crippen molar-refractivity contribution < 1.29 is 4.74 Å². The van der Waals surface area contributed by atoms with Crippen LogP contribution in [0.4, 0.5) is 0 Å². The highest BCUT2D eigenvalue weighted by Gasteiger charge is 2.07. The summed E-state index contributed by atoms with van der Waals surface area (Å²) in [6, 6.07) is 17.6. The highest BCUT2D eigenvalue weighted by Crippen LogP contribution is 2.26. The topological polar surface area (TPSA) is 22.1 Å². The lowest BCUT2D eigenvalue weighted by molar-refractivity contribution is 0.297. The van der Waals surface area contributed by atoms with Crippen molar-refractivity contribution in [1.29, 1.82) is 0 Å². The van der Waals surface area contributed by atoms with Gasteiger partial charge in [-0.15, -0.1) is 11.6 Å². The molecule has 0 spiro atoms. The van der Waals surface area contributed by atoms with Gasteiger partial charge in [0.15, 0.2) is 0 Å². The second kappa shape index (κ2) is 6.33. The summed E-state index contributed by atoms with van der Waals surface area (Å²) in [6.07, 6.45) is 0. The first-order valence-electron chi connectivity index (χ1n) is 6.58. The summed E-state index contributed by atoms with van der Waals surface area (Å²) in [7, 11) is 0. The summed E-state index contributed by atoms with van der Waals surface area (Å²) in [5, 5.41) is 2.75. The molecule has 0 aliphatic rings. The Labute approximate surface area is 133 Å². The van der Waals surface area contributed by atoms with Crippen LogP contribution in [0.5, 0.6) is 5.88 Å². The van der Waals surface area contributed by atoms with Crippen molar-refractivity contribution in [2.24, 2.45) is 0 Å². The Hall–Kier alpha value is -1.77. The van der Waals surface area contributed by atoms with E-state index in [0.717, 1.165) is 22.0 Å². The molecule has 3 rings (SSSR count). The van der Waals surface area contributed by atoms with E-state index in [1.54, 1.807) is 0 Å². The number of aromatic nitrogens is 1. The average Bonchev–Trinajstić information content (AvgIpc) is 2.52. The molecule has 106 valence electrons. The Morgan fingerprint density at radius 3 is 2.67 bits per heavy atom. The fourth-order valence-corrected chi connectivity index (χ4v) is 2.53. The lowest BCUT2D eigenvalue weighted by Gasteiger charge is -2.10. The predicted molar refractivity (Wildman–Crippen MR) is 87.1 cm³/mol. The molecule has 0 unspecified atom stereocenters. The predicted octanol–water partition coefficient (Wildman–Crippen LogP) is 5.21. The van der Waals surface area contributed by atoms with Gasteiger partial charge in [0.1, 0.15) is 6.61 Å². The van der Waals surface area contributed by atoms with Crippen LogP contribution in [0.1, 0.15) is 11.3 Å². The third-order valence-electron chi connectivity index (χ3n) is 3.16. The van der Waals surface area contributed by atoms with Crippen molar-refractivity contribution in [3.63, 3.8) is 0 Å². The first-order valence-corrected chi connectivity index (χ1v) is 7.49. The monoisotopic (exact) mass is 317 g/mol. The normalized spacial score (nSPS) is 10.8. The van der Waals surface area contributed by atoms with Crippen LogP contribution in [-0.4, -0.2) is 4.98 Å². The fourth-order valence-electron chi connectivity index (χ4n) is 2.18. The maximum absolute atomic E-state index is 5.98. The smallest absolute Gasteiger partial charge is 0.221 e. The van der Waals surface area contributed by atoms with Crippen LogP contribution in [0.15, 0.2) is 54.6 Å². The highest BCUT2D eigenvalue weighted by atomic mass is 35.5. The standard InChI is InChI=1S/C17H13Cl2NO/c18-10-15-9-13-5-1-2-7-16(13)17(20-15)21-11-12-4-3-6-14(19)8-12/h1-9H,10-11H2. The molecule has 0 aliphatic heterocycles. The molecule has 0 saturated carbocycles. The van der Waals surface area contributed by atoms with Gasteiger partial charge in [0.2, 0.25) is 5.88 Å². The van der Waals surface area contributed by atoms with E-state index in [1.807, 2.05) is 54.6 Å². The minimum absolute atomic E-state index is 0.359. The second-order valence-corrected chi connectivity index (χ2v) is 5.40. The third kappa shape index (κ3) is 3.29. The molecule has 0 bridgehead atoms. The van der Waals surface area contributed by atoms with Crippen LogP contribution in [0, 0.1) is 0 Å². The van der Waals surface area contributed by atoms with Crippen LogP contribution < -0.4 is 4.74 Å². The van der Waals surface area contributed by atoms with Crippen molar-refractivity contribution in [2.75, 3.05) is 0 Å². The van der Waals surface area contributed by atoms with Crippen molar-refractivity contribution in [1.82, 2.24) is 4.98 Å². The number of pyridine rings is 1. The summed E-state index contributed by atoms with van der Waals surface area (Å²) in [5.41, 5.74) is 1.81. The molecular formula is C17H13Cl2NO. The molecule has 2 aromatic carbocycles. The summed E-state index contributed by atoms with van der Waals surface area (Å²) in [4.78, 5) is 4.47. The minimum Gasteiger partial charge on any atom is -0.472 e. The SMILES string of the molecule is ClCc1cc2ccccc2c(OCc2cccc(Cl)c2)n1. The molecular weight excluding hydrogens is 305 g/mol. The van der Waals surface area contributed by atoms with Crippen molar-refractivity contribution in [2.45, 2.75) is 12.5 Å². The molecule has 0 amide bonds. The zero-order chi connectivity index (χ0) is 14.7. The zero-order valence-electron chi connectivity index (χ0n) is 11.2. The van der Waals surface area contributed by atoms with Gasteiger partial charge in [-0.1, -0.05) is 41.9 Å². The Balaban J connectivity index is 1.92. The summed E-state index contributed by atoms with van der Waals surface area (Å²) < 4.78 is 5.87. The lowest BCUT2D eigenvalue weighted by Crippen LogP contribution is -1.99.